The SMILES string of the molecule is Cc1ccc(S(=O)(=O)Nc2ccc(C(=O)N(C)Cc3ccco3)cc2C)cc1. The van der Waals surface area contributed by atoms with Gasteiger partial charge in [0.2, 0.25) is 0 Å². The number of furan rings is 1. The van der Waals surface area contributed by atoms with Crippen LogP contribution < -0.4 is 4.72 Å². The number of nitrogens with one attached hydrogen (secondary N) is 1. The lowest BCUT2D eigenvalue weighted by molar-refractivity contribution is 0.0775. The molecule has 0 saturated heterocycles. The zero-order valence-corrected chi connectivity index (χ0v) is 16.8. The molecule has 1 heterocycles. The second-order valence-corrected chi connectivity index (χ2v) is 8.37. The fourth-order valence-electron chi connectivity index (χ4n) is 2.76. The summed E-state index contributed by atoms with van der Waals surface area (Å²) in [6.45, 7) is 4.01. The first-order valence-electron chi connectivity index (χ1n) is 8.74. The van der Waals surface area contributed by atoms with Crippen molar-refractivity contribution in [1.82, 2.24) is 4.90 Å². The molecule has 0 unspecified atom stereocenters. The third-order valence-electron chi connectivity index (χ3n) is 4.37. The minimum Gasteiger partial charge on any atom is -0.467 e. The van der Waals surface area contributed by atoms with Gasteiger partial charge in [-0.25, -0.2) is 8.42 Å². The largest absolute Gasteiger partial charge is 0.467 e. The molecule has 0 aliphatic carbocycles. The molecule has 1 amide bonds. The number of rotatable bonds is 6. The summed E-state index contributed by atoms with van der Waals surface area (Å²) < 4.78 is 33.0. The average Bonchev–Trinajstić information content (AvgIpc) is 3.16. The Kier molecular flexibility index (Phi) is 5.56. The van der Waals surface area contributed by atoms with E-state index < -0.39 is 10.0 Å². The van der Waals surface area contributed by atoms with E-state index in [9.17, 15) is 13.2 Å². The Morgan fingerprint density at radius 3 is 2.39 bits per heavy atom. The number of aryl methyl sites for hydroxylation is 2. The van der Waals surface area contributed by atoms with Crippen molar-refractivity contribution in [2.45, 2.75) is 25.3 Å². The Morgan fingerprint density at radius 2 is 1.79 bits per heavy atom. The molecule has 1 N–H and O–H groups in total. The number of benzene rings is 2. The van der Waals surface area contributed by atoms with Crippen LogP contribution in [0.1, 0.15) is 27.2 Å². The van der Waals surface area contributed by atoms with Crippen LogP contribution >= 0.6 is 0 Å². The highest BCUT2D eigenvalue weighted by Gasteiger charge is 2.18. The van der Waals surface area contributed by atoms with Gasteiger partial charge in [-0.2, -0.15) is 0 Å². The van der Waals surface area contributed by atoms with E-state index in [1.807, 2.05) is 6.92 Å². The molecule has 0 bridgehead atoms. The summed E-state index contributed by atoms with van der Waals surface area (Å²) in [5.74, 6) is 0.516. The molecule has 28 heavy (non-hydrogen) atoms. The zero-order valence-electron chi connectivity index (χ0n) is 16.0. The van der Waals surface area contributed by atoms with Crippen LogP contribution in [0.25, 0.3) is 0 Å². The summed E-state index contributed by atoms with van der Waals surface area (Å²) in [7, 11) is -2.01. The minimum absolute atomic E-state index is 0.174. The van der Waals surface area contributed by atoms with Crippen molar-refractivity contribution in [3.63, 3.8) is 0 Å². The van der Waals surface area contributed by atoms with E-state index in [1.54, 1.807) is 79.7 Å². The molecule has 0 saturated carbocycles. The molecule has 3 rings (SSSR count). The Hall–Kier alpha value is -3.06. The van der Waals surface area contributed by atoms with Gasteiger partial charge in [0.1, 0.15) is 5.76 Å². The highest BCUT2D eigenvalue weighted by molar-refractivity contribution is 7.92. The van der Waals surface area contributed by atoms with E-state index in [2.05, 4.69) is 4.72 Å². The molecule has 0 atom stereocenters. The molecular formula is C21H22N2O4S. The van der Waals surface area contributed by atoms with Gasteiger partial charge in [-0.1, -0.05) is 17.7 Å². The maximum absolute atomic E-state index is 12.6. The van der Waals surface area contributed by atoms with Crippen molar-refractivity contribution in [3.05, 3.63) is 83.3 Å². The average molecular weight is 398 g/mol. The van der Waals surface area contributed by atoms with Crippen LogP contribution in [0, 0.1) is 13.8 Å². The second-order valence-electron chi connectivity index (χ2n) is 6.69. The van der Waals surface area contributed by atoms with Gasteiger partial charge in [-0.05, 0) is 61.9 Å². The second kappa shape index (κ2) is 7.90. The molecule has 0 radical (unpaired) electrons. The normalized spacial score (nSPS) is 11.2. The lowest BCUT2D eigenvalue weighted by Gasteiger charge is -2.17. The maximum atomic E-state index is 12.6. The first-order valence-corrected chi connectivity index (χ1v) is 10.2. The molecular weight excluding hydrogens is 376 g/mol. The van der Waals surface area contributed by atoms with Crippen molar-refractivity contribution in [1.29, 1.82) is 0 Å². The van der Waals surface area contributed by atoms with Gasteiger partial charge in [0.25, 0.3) is 15.9 Å². The summed E-state index contributed by atoms with van der Waals surface area (Å²) in [5.41, 5.74) is 2.56. The number of sulfonamides is 1. The Morgan fingerprint density at radius 1 is 1.07 bits per heavy atom. The first kappa shape index (κ1) is 19.7. The van der Waals surface area contributed by atoms with Crippen LogP contribution in [0.15, 0.2) is 70.2 Å². The molecule has 6 nitrogen and oxygen atoms in total. The fourth-order valence-corrected chi connectivity index (χ4v) is 3.89. The number of carbonyl (C=O) groups is 1. The van der Waals surface area contributed by atoms with Crippen molar-refractivity contribution < 1.29 is 17.6 Å². The van der Waals surface area contributed by atoms with E-state index in [0.717, 1.165) is 5.56 Å². The van der Waals surface area contributed by atoms with Gasteiger partial charge in [0, 0.05) is 12.6 Å². The van der Waals surface area contributed by atoms with Gasteiger partial charge >= 0.3 is 0 Å². The molecule has 7 heteroatoms. The van der Waals surface area contributed by atoms with Gasteiger partial charge in [-0.3, -0.25) is 9.52 Å². The Balaban J connectivity index is 1.76. The molecule has 0 aliphatic rings. The standard InChI is InChI=1S/C21H22N2O4S/c1-15-6-9-19(10-7-15)28(25,26)22-20-11-8-17(13-16(20)2)21(24)23(3)14-18-5-4-12-27-18/h4-13,22H,14H2,1-3H3. The summed E-state index contributed by atoms with van der Waals surface area (Å²) in [4.78, 5) is 14.4. The van der Waals surface area contributed by atoms with Gasteiger partial charge < -0.3 is 9.32 Å². The number of anilines is 1. The molecule has 3 aromatic rings. The smallest absolute Gasteiger partial charge is 0.261 e. The molecule has 0 aliphatic heterocycles. The zero-order chi connectivity index (χ0) is 20.3. The molecule has 146 valence electrons. The van der Waals surface area contributed by atoms with E-state index in [4.69, 9.17) is 4.42 Å². The van der Waals surface area contributed by atoms with Crippen molar-refractivity contribution in [3.8, 4) is 0 Å². The van der Waals surface area contributed by atoms with E-state index >= 15 is 0 Å². The maximum Gasteiger partial charge on any atom is 0.261 e. The third-order valence-corrected chi connectivity index (χ3v) is 5.75. The van der Waals surface area contributed by atoms with Crippen LogP contribution in [-0.4, -0.2) is 26.3 Å². The number of carbonyl (C=O) groups excluding carboxylic acids is 1. The molecule has 2 aromatic carbocycles. The highest BCUT2D eigenvalue weighted by atomic mass is 32.2. The third kappa shape index (κ3) is 4.43. The van der Waals surface area contributed by atoms with Crippen LogP contribution in [-0.2, 0) is 16.6 Å². The predicted molar refractivity (Wildman–Crippen MR) is 108 cm³/mol. The van der Waals surface area contributed by atoms with E-state index in [0.29, 0.717) is 29.1 Å². The molecule has 0 spiro atoms. The van der Waals surface area contributed by atoms with Crippen molar-refractivity contribution in [2.75, 3.05) is 11.8 Å². The lowest BCUT2D eigenvalue weighted by atomic mass is 10.1. The summed E-state index contributed by atoms with van der Waals surface area (Å²) in [5, 5.41) is 0. The predicted octanol–water partition coefficient (Wildman–Crippen LogP) is 3.97. The number of amides is 1. The van der Waals surface area contributed by atoms with E-state index in [1.165, 1.54) is 0 Å². The number of hydrogen-bond acceptors (Lipinski definition) is 4. The van der Waals surface area contributed by atoms with Crippen LogP contribution in [0.5, 0.6) is 0 Å². The summed E-state index contributed by atoms with van der Waals surface area (Å²) >= 11 is 0. The van der Waals surface area contributed by atoms with Crippen molar-refractivity contribution >= 4 is 21.6 Å². The van der Waals surface area contributed by atoms with Crippen molar-refractivity contribution in [2.24, 2.45) is 0 Å². The van der Waals surface area contributed by atoms with Gasteiger partial charge in [0.15, 0.2) is 0 Å². The monoisotopic (exact) mass is 398 g/mol. The Bertz CT molecular complexity index is 1070. The molecule has 1 aromatic heterocycles. The van der Waals surface area contributed by atoms with Gasteiger partial charge in [-0.15, -0.1) is 0 Å². The van der Waals surface area contributed by atoms with Crippen LogP contribution in [0.3, 0.4) is 0 Å². The summed E-state index contributed by atoms with van der Waals surface area (Å²) in [6, 6.07) is 15.1. The molecule has 0 fully saturated rings. The Labute approximate surface area is 164 Å². The highest BCUT2D eigenvalue weighted by Crippen LogP contribution is 2.22. The number of hydrogen-bond donors (Lipinski definition) is 1. The number of nitrogens with zero attached hydrogens (tertiary/aromatic N) is 1. The van der Waals surface area contributed by atoms with Crippen LogP contribution in [0.4, 0.5) is 5.69 Å². The quantitative estimate of drug-likeness (QED) is 0.681. The topological polar surface area (TPSA) is 79.6 Å². The van der Waals surface area contributed by atoms with E-state index in [-0.39, 0.29) is 10.8 Å². The first-order chi connectivity index (χ1) is 13.3. The van der Waals surface area contributed by atoms with Gasteiger partial charge in [0.05, 0.1) is 23.4 Å². The van der Waals surface area contributed by atoms with Crippen LogP contribution in [0.2, 0.25) is 0 Å². The fraction of sp³-hybridized carbons (Fsp3) is 0.190. The lowest BCUT2D eigenvalue weighted by Crippen LogP contribution is -2.26. The minimum atomic E-state index is -3.69. The summed E-state index contributed by atoms with van der Waals surface area (Å²) in [6.07, 6.45) is 1.56.